The van der Waals surface area contributed by atoms with Crippen LogP contribution in [0.5, 0.6) is 5.75 Å². The molecule has 7 heteroatoms. The van der Waals surface area contributed by atoms with Crippen molar-refractivity contribution in [2.45, 2.75) is 0 Å². The minimum Gasteiger partial charge on any atom is -0.495 e. The first-order valence-corrected chi connectivity index (χ1v) is 7.36. The van der Waals surface area contributed by atoms with Gasteiger partial charge >= 0.3 is 0 Å². The lowest BCUT2D eigenvalue weighted by Crippen LogP contribution is -1.92. The summed E-state index contributed by atoms with van der Waals surface area (Å²) in [6.45, 7) is 0. The van der Waals surface area contributed by atoms with Crippen LogP contribution in [0, 0.1) is 0 Å². The van der Waals surface area contributed by atoms with E-state index in [0.717, 1.165) is 14.9 Å². The zero-order chi connectivity index (χ0) is 14.1. The molecule has 2 N–H and O–H groups in total. The van der Waals surface area contributed by atoms with Gasteiger partial charge in [0.05, 0.1) is 17.7 Å². The number of nitrogens with two attached hydrogens (primary N) is 1. The van der Waals surface area contributed by atoms with Crippen molar-refractivity contribution >= 4 is 33.0 Å². The molecule has 20 heavy (non-hydrogen) atoms. The molecule has 0 atom stereocenters. The summed E-state index contributed by atoms with van der Waals surface area (Å²) < 4.78 is 11.4. The number of halogens is 1. The molecule has 0 bridgehead atoms. The van der Waals surface area contributed by atoms with Crippen LogP contribution in [0.1, 0.15) is 0 Å². The van der Waals surface area contributed by atoms with Crippen molar-refractivity contribution < 1.29 is 9.26 Å². The SMILES string of the molecule is COc1ccc(-c2nc(-c3cc(Br)cs3)no2)cc1N. The van der Waals surface area contributed by atoms with E-state index in [0.29, 0.717) is 23.2 Å². The molecule has 0 aliphatic carbocycles. The minimum atomic E-state index is 0.430. The lowest BCUT2D eigenvalue weighted by Gasteiger charge is -2.04. The van der Waals surface area contributed by atoms with Crippen molar-refractivity contribution in [2.75, 3.05) is 12.8 Å². The van der Waals surface area contributed by atoms with E-state index in [9.17, 15) is 0 Å². The Morgan fingerprint density at radius 2 is 2.20 bits per heavy atom. The minimum absolute atomic E-state index is 0.430. The first-order valence-electron chi connectivity index (χ1n) is 5.69. The number of rotatable bonds is 3. The molecule has 0 saturated carbocycles. The summed E-state index contributed by atoms with van der Waals surface area (Å²) in [5.74, 6) is 1.61. The van der Waals surface area contributed by atoms with Gasteiger partial charge in [-0.3, -0.25) is 0 Å². The summed E-state index contributed by atoms with van der Waals surface area (Å²) in [5, 5.41) is 5.95. The zero-order valence-corrected chi connectivity index (χ0v) is 12.9. The normalized spacial score (nSPS) is 10.7. The Hall–Kier alpha value is -1.86. The van der Waals surface area contributed by atoms with Crippen molar-refractivity contribution in [1.82, 2.24) is 10.1 Å². The van der Waals surface area contributed by atoms with Crippen molar-refractivity contribution in [3.05, 3.63) is 34.1 Å². The van der Waals surface area contributed by atoms with Gasteiger partial charge in [-0.1, -0.05) is 5.16 Å². The molecular formula is C13H10BrN3O2S. The molecule has 102 valence electrons. The number of thiophene rings is 1. The largest absolute Gasteiger partial charge is 0.495 e. The third kappa shape index (κ3) is 2.41. The number of nitrogen functional groups attached to an aromatic ring is 1. The number of anilines is 1. The van der Waals surface area contributed by atoms with Crippen LogP contribution in [0.2, 0.25) is 0 Å². The van der Waals surface area contributed by atoms with Gasteiger partial charge in [0, 0.05) is 15.4 Å². The molecule has 0 spiro atoms. The second kappa shape index (κ2) is 5.26. The lowest BCUT2D eigenvalue weighted by molar-refractivity contribution is 0.416. The lowest BCUT2D eigenvalue weighted by atomic mass is 10.2. The van der Waals surface area contributed by atoms with Crippen LogP contribution < -0.4 is 10.5 Å². The molecule has 3 aromatic rings. The molecule has 0 fully saturated rings. The van der Waals surface area contributed by atoms with Crippen molar-refractivity contribution in [3.8, 4) is 27.9 Å². The number of hydrogen-bond donors (Lipinski definition) is 1. The van der Waals surface area contributed by atoms with Crippen molar-refractivity contribution in [3.63, 3.8) is 0 Å². The van der Waals surface area contributed by atoms with E-state index >= 15 is 0 Å². The third-order valence-corrected chi connectivity index (χ3v) is 4.38. The third-order valence-electron chi connectivity index (χ3n) is 2.69. The van der Waals surface area contributed by atoms with Crippen LogP contribution in [-0.4, -0.2) is 17.3 Å². The van der Waals surface area contributed by atoms with E-state index in [1.54, 1.807) is 30.6 Å². The highest BCUT2D eigenvalue weighted by atomic mass is 79.9. The highest BCUT2D eigenvalue weighted by Crippen LogP contribution is 2.31. The Morgan fingerprint density at radius 3 is 2.85 bits per heavy atom. The monoisotopic (exact) mass is 351 g/mol. The Bertz CT molecular complexity index is 754. The molecule has 3 rings (SSSR count). The van der Waals surface area contributed by atoms with E-state index in [2.05, 4.69) is 26.1 Å². The van der Waals surface area contributed by atoms with Gasteiger partial charge in [-0.15, -0.1) is 11.3 Å². The molecule has 0 aliphatic heterocycles. The fourth-order valence-electron chi connectivity index (χ4n) is 1.74. The van der Waals surface area contributed by atoms with Gasteiger partial charge in [0.2, 0.25) is 5.82 Å². The predicted molar refractivity (Wildman–Crippen MR) is 81.7 cm³/mol. The van der Waals surface area contributed by atoms with Crippen molar-refractivity contribution in [1.29, 1.82) is 0 Å². The number of methoxy groups -OCH3 is 1. The summed E-state index contributed by atoms with van der Waals surface area (Å²) in [4.78, 5) is 5.31. The number of benzene rings is 1. The predicted octanol–water partition coefficient (Wildman–Crippen LogP) is 3.82. The van der Waals surface area contributed by atoms with Crippen LogP contribution >= 0.6 is 27.3 Å². The summed E-state index contributed by atoms with van der Waals surface area (Å²) in [6.07, 6.45) is 0. The first-order chi connectivity index (χ1) is 9.67. The van der Waals surface area contributed by atoms with Gasteiger partial charge in [-0.05, 0) is 40.2 Å². The highest BCUT2D eigenvalue weighted by Gasteiger charge is 2.13. The van der Waals surface area contributed by atoms with E-state index < -0.39 is 0 Å². The Balaban J connectivity index is 1.95. The van der Waals surface area contributed by atoms with Crippen LogP contribution in [0.4, 0.5) is 5.69 Å². The van der Waals surface area contributed by atoms with Gasteiger partial charge in [-0.2, -0.15) is 4.98 Å². The average Bonchev–Trinajstić information content (AvgIpc) is 3.07. The standard InChI is InChI=1S/C13H10BrN3O2S/c1-18-10-3-2-7(4-9(10)15)13-16-12(17-19-13)11-5-8(14)6-20-11/h2-6H,15H2,1H3. The summed E-state index contributed by atoms with van der Waals surface area (Å²) in [6, 6.07) is 7.30. The molecule has 5 nitrogen and oxygen atoms in total. The van der Waals surface area contributed by atoms with E-state index in [-0.39, 0.29) is 0 Å². The van der Waals surface area contributed by atoms with E-state index in [1.807, 2.05) is 17.5 Å². The van der Waals surface area contributed by atoms with Crippen LogP contribution in [0.15, 0.2) is 38.6 Å². The van der Waals surface area contributed by atoms with Crippen LogP contribution in [-0.2, 0) is 0 Å². The molecule has 0 radical (unpaired) electrons. The quantitative estimate of drug-likeness (QED) is 0.726. The summed E-state index contributed by atoms with van der Waals surface area (Å²) in [7, 11) is 1.57. The van der Waals surface area contributed by atoms with Gasteiger partial charge in [0.25, 0.3) is 5.89 Å². The second-order valence-electron chi connectivity index (χ2n) is 4.01. The Kier molecular flexibility index (Phi) is 3.45. The Labute approximate surface area is 127 Å². The van der Waals surface area contributed by atoms with Gasteiger partial charge in [0.1, 0.15) is 5.75 Å². The number of ether oxygens (including phenoxy) is 1. The topological polar surface area (TPSA) is 74.2 Å². The maximum Gasteiger partial charge on any atom is 0.258 e. The number of hydrogen-bond acceptors (Lipinski definition) is 6. The van der Waals surface area contributed by atoms with E-state index in [1.165, 1.54) is 0 Å². The smallest absolute Gasteiger partial charge is 0.258 e. The average molecular weight is 352 g/mol. The van der Waals surface area contributed by atoms with Gasteiger partial charge < -0.3 is 15.0 Å². The summed E-state index contributed by atoms with van der Waals surface area (Å²) >= 11 is 4.94. The molecule has 0 unspecified atom stereocenters. The zero-order valence-electron chi connectivity index (χ0n) is 10.5. The van der Waals surface area contributed by atoms with E-state index in [4.69, 9.17) is 15.0 Å². The molecule has 2 heterocycles. The maximum atomic E-state index is 5.87. The Morgan fingerprint density at radius 1 is 1.35 bits per heavy atom. The molecule has 0 saturated heterocycles. The summed E-state index contributed by atoms with van der Waals surface area (Å²) in [5.41, 5.74) is 7.16. The molecule has 2 aromatic heterocycles. The van der Waals surface area contributed by atoms with Gasteiger partial charge in [-0.25, -0.2) is 0 Å². The fourth-order valence-corrected chi connectivity index (χ4v) is 3.09. The van der Waals surface area contributed by atoms with Crippen molar-refractivity contribution in [2.24, 2.45) is 0 Å². The molecule has 1 aromatic carbocycles. The number of nitrogens with zero attached hydrogens (tertiary/aromatic N) is 2. The molecular weight excluding hydrogens is 342 g/mol. The highest BCUT2D eigenvalue weighted by molar-refractivity contribution is 9.10. The number of aromatic nitrogens is 2. The molecule has 0 amide bonds. The van der Waals surface area contributed by atoms with Crippen LogP contribution in [0.3, 0.4) is 0 Å². The molecule has 0 aliphatic rings. The second-order valence-corrected chi connectivity index (χ2v) is 5.84. The fraction of sp³-hybridized carbons (Fsp3) is 0.0769. The van der Waals surface area contributed by atoms with Gasteiger partial charge in [0.15, 0.2) is 0 Å². The maximum absolute atomic E-state index is 5.87. The van der Waals surface area contributed by atoms with Crippen LogP contribution in [0.25, 0.3) is 22.2 Å². The first kappa shape index (κ1) is 13.1.